The van der Waals surface area contributed by atoms with E-state index in [1.807, 2.05) is 0 Å². The Balaban J connectivity index is 1.91. The molecule has 0 aliphatic heterocycles. The summed E-state index contributed by atoms with van der Waals surface area (Å²) in [5, 5.41) is 5.96. The molecule has 0 bridgehead atoms. The summed E-state index contributed by atoms with van der Waals surface area (Å²) in [6, 6.07) is 0.316. The molecular weight excluding hydrogens is 228 g/mol. The van der Waals surface area contributed by atoms with Crippen LogP contribution in [0, 0.1) is 0 Å². The van der Waals surface area contributed by atoms with E-state index in [4.69, 9.17) is 0 Å². The molecule has 5 nitrogen and oxygen atoms in total. The molecule has 0 unspecified atom stereocenters. The van der Waals surface area contributed by atoms with Crippen LogP contribution in [0.15, 0.2) is 25.0 Å². The van der Waals surface area contributed by atoms with Crippen molar-refractivity contribution in [1.29, 1.82) is 0 Å². The van der Waals surface area contributed by atoms with E-state index in [1.54, 1.807) is 18.5 Å². The topological polar surface area (TPSA) is 66.9 Å². The molecule has 18 heavy (non-hydrogen) atoms. The first-order chi connectivity index (χ1) is 8.79. The van der Waals surface area contributed by atoms with Crippen LogP contribution in [-0.2, 0) is 0 Å². The zero-order valence-corrected chi connectivity index (χ0v) is 10.4. The van der Waals surface area contributed by atoms with Crippen LogP contribution in [-0.4, -0.2) is 28.5 Å². The third-order valence-electron chi connectivity index (χ3n) is 3.01. The molecule has 0 saturated heterocycles. The molecule has 0 radical (unpaired) electrons. The highest BCUT2D eigenvalue weighted by Crippen LogP contribution is 2.18. The zero-order chi connectivity index (χ0) is 12.8. The van der Waals surface area contributed by atoms with Gasteiger partial charge in [0.2, 0.25) is 5.95 Å². The number of nitrogens with zero attached hydrogens (tertiary/aromatic N) is 2. The van der Waals surface area contributed by atoms with Gasteiger partial charge < -0.3 is 10.6 Å². The van der Waals surface area contributed by atoms with Crippen LogP contribution in [0.25, 0.3) is 0 Å². The smallest absolute Gasteiger partial charge is 0.254 e. The minimum absolute atomic E-state index is 0.0860. The molecule has 2 rings (SSSR count). The summed E-state index contributed by atoms with van der Waals surface area (Å²) in [6.45, 7) is 4.20. The van der Waals surface area contributed by atoms with Gasteiger partial charge >= 0.3 is 0 Å². The zero-order valence-electron chi connectivity index (χ0n) is 10.4. The van der Waals surface area contributed by atoms with Gasteiger partial charge in [0.1, 0.15) is 0 Å². The molecule has 0 atom stereocenters. The summed E-state index contributed by atoms with van der Waals surface area (Å²) in [6.07, 6.45) is 9.37. The Morgan fingerprint density at radius 1 is 1.39 bits per heavy atom. The maximum atomic E-state index is 11.9. The van der Waals surface area contributed by atoms with E-state index in [9.17, 15) is 4.79 Å². The van der Waals surface area contributed by atoms with Crippen molar-refractivity contribution in [3.63, 3.8) is 0 Å². The minimum Gasteiger partial charge on any atom is -0.351 e. The van der Waals surface area contributed by atoms with Crippen LogP contribution >= 0.6 is 0 Å². The second-order valence-corrected chi connectivity index (χ2v) is 4.42. The summed E-state index contributed by atoms with van der Waals surface area (Å²) in [4.78, 5) is 20.1. The lowest BCUT2D eigenvalue weighted by Crippen LogP contribution is -2.32. The van der Waals surface area contributed by atoms with Crippen molar-refractivity contribution in [2.75, 3.05) is 11.9 Å². The SMILES string of the molecule is C=CCNc1ncc(C(=O)NC2CCCC2)cn1. The van der Waals surface area contributed by atoms with Gasteiger partial charge in [-0.3, -0.25) is 4.79 Å². The van der Waals surface area contributed by atoms with E-state index in [2.05, 4.69) is 27.2 Å². The van der Waals surface area contributed by atoms with Gasteiger partial charge in [-0.05, 0) is 12.8 Å². The van der Waals surface area contributed by atoms with E-state index in [-0.39, 0.29) is 5.91 Å². The molecule has 1 aliphatic carbocycles. The lowest BCUT2D eigenvalue weighted by molar-refractivity contribution is 0.0937. The molecule has 1 aromatic rings. The Kier molecular flexibility index (Phi) is 4.28. The summed E-state index contributed by atoms with van der Waals surface area (Å²) >= 11 is 0. The fourth-order valence-corrected chi connectivity index (χ4v) is 2.04. The number of rotatable bonds is 5. The number of hydrogen-bond donors (Lipinski definition) is 2. The van der Waals surface area contributed by atoms with Crippen LogP contribution in [0.5, 0.6) is 0 Å². The number of amides is 1. The molecule has 1 fully saturated rings. The quantitative estimate of drug-likeness (QED) is 0.777. The number of hydrogen-bond acceptors (Lipinski definition) is 4. The molecule has 1 amide bonds. The molecule has 1 aliphatic rings. The fourth-order valence-electron chi connectivity index (χ4n) is 2.04. The van der Waals surface area contributed by atoms with E-state index in [0.717, 1.165) is 12.8 Å². The Morgan fingerprint density at radius 2 is 2.06 bits per heavy atom. The van der Waals surface area contributed by atoms with Crippen molar-refractivity contribution in [2.24, 2.45) is 0 Å². The van der Waals surface area contributed by atoms with Gasteiger partial charge in [-0.2, -0.15) is 0 Å². The third-order valence-corrected chi connectivity index (χ3v) is 3.01. The molecule has 1 saturated carbocycles. The maximum Gasteiger partial charge on any atom is 0.254 e. The molecule has 96 valence electrons. The maximum absolute atomic E-state index is 11.9. The Labute approximate surface area is 107 Å². The Hall–Kier alpha value is -1.91. The van der Waals surface area contributed by atoms with Crippen molar-refractivity contribution >= 4 is 11.9 Å². The first-order valence-corrected chi connectivity index (χ1v) is 6.27. The standard InChI is InChI=1S/C13H18N4O/c1-2-7-14-13-15-8-10(9-16-13)12(18)17-11-5-3-4-6-11/h2,8-9,11H,1,3-7H2,(H,17,18)(H,14,15,16). The molecule has 0 aromatic carbocycles. The van der Waals surface area contributed by atoms with Gasteiger partial charge in [-0.15, -0.1) is 6.58 Å². The minimum atomic E-state index is -0.0860. The van der Waals surface area contributed by atoms with Crippen molar-refractivity contribution in [3.8, 4) is 0 Å². The summed E-state index contributed by atoms with van der Waals surface area (Å²) in [5.41, 5.74) is 0.506. The largest absolute Gasteiger partial charge is 0.351 e. The van der Waals surface area contributed by atoms with E-state index in [1.165, 1.54) is 12.8 Å². The van der Waals surface area contributed by atoms with Gasteiger partial charge in [0.25, 0.3) is 5.91 Å². The van der Waals surface area contributed by atoms with Crippen LogP contribution < -0.4 is 10.6 Å². The molecule has 1 aromatic heterocycles. The highest BCUT2D eigenvalue weighted by molar-refractivity contribution is 5.93. The number of carbonyl (C=O) groups excluding carboxylic acids is 1. The fraction of sp³-hybridized carbons (Fsp3) is 0.462. The average molecular weight is 246 g/mol. The Morgan fingerprint density at radius 3 is 2.67 bits per heavy atom. The van der Waals surface area contributed by atoms with Crippen LogP contribution in [0.3, 0.4) is 0 Å². The second-order valence-electron chi connectivity index (χ2n) is 4.42. The Bertz CT molecular complexity index is 410. The van der Waals surface area contributed by atoms with Gasteiger partial charge in [-0.1, -0.05) is 18.9 Å². The first kappa shape index (κ1) is 12.5. The molecular formula is C13H18N4O. The van der Waals surface area contributed by atoms with E-state index >= 15 is 0 Å². The number of carbonyl (C=O) groups is 1. The van der Waals surface area contributed by atoms with Crippen molar-refractivity contribution in [3.05, 3.63) is 30.6 Å². The third kappa shape index (κ3) is 3.29. The van der Waals surface area contributed by atoms with Gasteiger partial charge in [0.15, 0.2) is 0 Å². The molecule has 0 spiro atoms. The van der Waals surface area contributed by atoms with Gasteiger partial charge in [0, 0.05) is 25.0 Å². The van der Waals surface area contributed by atoms with Crippen LogP contribution in [0.1, 0.15) is 36.0 Å². The lowest BCUT2D eigenvalue weighted by atomic mass is 10.2. The van der Waals surface area contributed by atoms with Crippen molar-refractivity contribution in [2.45, 2.75) is 31.7 Å². The van der Waals surface area contributed by atoms with Crippen molar-refractivity contribution in [1.82, 2.24) is 15.3 Å². The molecule has 1 heterocycles. The average Bonchev–Trinajstić information content (AvgIpc) is 2.89. The number of nitrogens with one attached hydrogen (secondary N) is 2. The van der Waals surface area contributed by atoms with Gasteiger partial charge in [0.05, 0.1) is 5.56 Å². The second kappa shape index (κ2) is 6.14. The van der Waals surface area contributed by atoms with Crippen molar-refractivity contribution < 1.29 is 4.79 Å². The van der Waals surface area contributed by atoms with E-state index in [0.29, 0.717) is 24.1 Å². The summed E-state index contributed by atoms with van der Waals surface area (Å²) < 4.78 is 0. The molecule has 5 heteroatoms. The predicted octanol–water partition coefficient (Wildman–Crippen LogP) is 1.75. The number of anilines is 1. The predicted molar refractivity (Wildman–Crippen MR) is 70.4 cm³/mol. The lowest BCUT2D eigenvalue weighted by Gasteiger charge is -2.11. The summed E-state index contributed by atoms with van der Waals surface area (Å²) in [7, 11) is 0. The normalized spacial score (nSPS) is 15.3. The monoisotopic (exact) mass is 246 g/mol. The highest BCUT2D eigenvalue weighted by atomic mass is 16.1. The molecule has 2 N–H and O–H groups in total. The summed E-state index contributed by atoms with van der Waals surface area (Å²) in [5.74, 6) is 0.421. The van der Waals surface area contributed by atoms with E-state index < -0.39 is 0 Å². The van der Waals surface area contributed by atoms with Crippen LogP contribution in [0.2, 0.25) is 0 Å². The van der Waals surface area contributed by atoms with Crippen LogP contribution in [0.4, 0.5) is 5.95 Å². The van der Waals surface area contributed by atoms with Gasteiger partial charge in [-0.25, -0.2) is 9.97 Å². The first-order valence-electron chi connectivity index (χ1n) is 6.27. The number of aromatic nitrogens is 2. The highest BCUT2D eigenvalue weighted by Gasteiger charge is 2.18.